The average molecular weight is 334 g/mol. The van der Waals surface area contributed by atoms with Gasteiger partial charge in [-0.1, -0.05) is 17.7 Å². The molecule has 23 heavy (non-hydrogen) atoms. The Labute approximate surface area is 131 Å². The van der Waals surface area contributed by atoms with Gasteiger partial charge in [0.2, 0.25) is 6.36 Å². The summed E-state index contributed by atoms with van der Waals surface area (Å²) in [6.45, 7) is 0.493. The van der Waals surface area contributed by atoms with E-state index >= 15 is 0 Å². The Balaban J connectivity index is 3.09. The summed E-state index contributed by atoms with van der Waals surface area (Å²) in [5.41, 5.74) is 0.613. The van der Waals surface area contributed by atoms with Gasteiger partial charge in [0.25, 0.3) is 5.79 Å². The highest BCUT2D eigenvalue weighted by atomic mass is 19.1. The molecule has 0 spiro atoms. The van der Waals surface area contributed by atoms with Crippen LogP contribution in [0.5, 0.6) is 0 Å². The molecule has 6 N–H and O–H groups in total. The Kier molecular flexibility index (Phi) is 6.57. The molecule has 1 unspecified atom stereocenters. The first kappa shape index (κ1) is 19.4. The van der Waals surface area contributed by atoms with Gasteiger partial charge in [-0.05, 0) is 19.1 Å². The second-order valence-electron chi connectivity index (χ2n) is 5.02. The molecule has 0 amide bonds. The summed E-state index contributed by atoms with van der Waals surface area (Å²) >= 11 is 0. The maximum atomic E-state index is 12.7. The fourth-order valence-corrected chi connectivity index (χ4v) is 1.83. The Bertz CT molecular complexity index is 537. The second kappa shape index (κ2) is 7.77. The molecule has 0 fully saturated rings. The highest BCUT2D eigenvalue weighted by Crippen LogP contribution is 2.24. The number of halogens is 1. The summed E-state index contributed by atoms with van der Waals surface area (Å²) in [6.07, 6.45) is -10.5. The van der Waals surface area contributed by atoms with E-state index in [1.807, 2.05) is 0 Å². The number of ether oxygens (including phenoxy) is 1. The number of aliphatic hydroxyl groups is 6. The van der Waals surface area contributed by atoms with Crippen LogP contribution in [0.4, 0.5) is 4.39 Å². The second-order valence-corrected chi connectivity index (χ2v) is 5.02. The third-order valence-corrected chi connectivity index (χ3v) is 3.19. The molecule has 0 radical (unpaired) electrons. The van der Waals surface area contributed by atoms with E-state index in [0.717, 1.165) is 0 Å². The molecule has 1 rings (SSSR count). The van der Waals surface area contributed by atoms with Gasteiger partial charge in [-0.2, -0.15) is 0 Å². The molecular formula is C14H19FO8. The van der Waals surface area contributed by atoms with Crippen molar-refractivity contribution in [1.29, 1.82) is 0 Å². The van der Waals surface area contributed by atoms with Crippen molar-refractivity contribution in [2.24, 2.45) is 0 Å². The average Bonchev–Trinajstić information content (AvgIpc) is 2.52. The third kappa shape index (κ3) is 4.44. The lowest BCUT2D eigenvalue weighted by molar-refractivity contribution is -0.304. The summed E-state index contributed by atoms with van der Waals surface area (Å²) in [7, 11) is 0. The number of hydrogen-bond acceptors (Lipinski definition) is 8. The van der Waals surface area contributed by atoms with Crippen LogP contribution in [0.2, 0.25) is 0 Å². The van der Waals surface area contributed by atoms with E-state index in [1.165, 1.54) is 18.2 Å². The number of esters is 1. The molecule has 1 aromatic rings. The van der Waals surface area contributed by atoms with Gasteiger partial charge in [0.05, 0.1) is 12.2 Å². The molecule has 0 aromatic heterocycles. The van der Waals surface area contributed by atoms with Gasteiger partial charge >= 0.3 is 5.97 Å². The first-order valence-corrected chi connectivity index (χ1v) is 6.63. The molecule has 0 bridgehead atoms. The fraction of sp³-hybridized carbons (Fsp3) is 0.500. The van der Waals surface area contributed by atoms with Crippen LogP contribution >= 0.6 is 0 Å². The number of benzene rings is 1. The standard InChI is InChI=1S/C14H19FO8/c1-7-3-2-4-8(5-7)13(21)23-14(22,9(17)6-16)11(19)10(18)12(15)20/h2-5,9-12,16-20,22H,6H2,1H3/t9-,10+,11-,12?,14+/m1/s1. The molecule has 0 saturated carbocycles. The molecule has 0 heterocycles. The predicted octanol–water partition coefficient (Wildman–Crippen LogP) is -1.80. The van der Waals surface area contributed by atoms with Gasteiger partial charge in [-0.15, -0.1) is 0 Å². The molecule has 5 atom stereocenters. The number of carbonyl (C=O) groups is 1. The topological polar surface area (TPSA) is 148 Å². The molecule has 0 saturated heterocycles. The lowest BCUT2D eigenvalue weighted by Gasteiger charge is -2.37. The lowest BCUT2D eigenvalue weighted by atomic mass is 9.98. The van der Waals surface area contributed by atoms with Gasteiger partial charge in [0.15, 0.2) is 6.10 Å². The van der Waals surface area contributed by atoms with E-state index in [1.54, 1.807) is 13.0 Å². The Morgan fingerprint density at radius 2 is 1.91 bits per heavy atom. The van der Waals surface area contributed by atoms with Gasteiger partial charge in [0.1, 0.15) is 12.2 Å². The van der Waals surface area contributed by atoms with Crippen molar-refractivity contribution in [3.05, 3.63) is 35.4 Å². The van der Waals surface area contributed by atoms with Crippen molar-refractivity contribution in [3.8, 4) is 0 Å². The maximum Gasteiger partial charge on any atom is 0.340 e. The molecule has 8 nitrogen and oxygen atoms in total. The van der Waals surface area contributed by atoms with Crippen molar-refractivity contribution in [1.82, 2.24) is 0 Å². The van der Waals surface area contributed by atoms with Crippen LogP contribution in [-0.2, 0) is 4.74 Å². The van der Waals surface area contributed by atoms with Gasteiger partial charge in [0, 0.05) is 0 Å². The smallest absolute Gasteiger partial charge is 0.340 e. The maximum absolute atomic E-state index is 12.7. The highest BCUT2D eigenvalue weighted by molar-refractivity contribution is 5.89. The van der Waals surface area contributed by atoms with Crippen LogP contribution in [0, 0.1) is 6.92 Å². The van der Waals surface area contributed by atoms with Crippen molar-refractivity contribution in [2.45, 2.75) is 37.4 Å². The third-order valence-electron chi connectivity index (χ3n) is 3.19. The number of rotatable bonds is 7. The quantitative estimate of drug-likeness (QED) is 0.253. The number of alkyl halides is 1. The van der Waals surface area contributed by atoms with Gasteiger partial charge < -0.3 is 35.4 Å². The first-order valence-electron chi connectivity index (χ1n) is 6.63. The minimum absolute atomic E-state index is 0.0592. The van der Waals surface area contributed by atoms with Crippen LogP contribution in [-0.4, -0.2) is 73.7 Å². The summed E-state index contributed by atoms with van der Waals surface area (Å²) in [6, 6.07) is 5.86. The van der Waals surface area contributed by atoms with E-state index in [-0.39, 0.29) is 5.56 Å². The zero-order chi connectivity index (χ0) is 17.8. The molecular weight excluding hydrogens is 315 g/mol. The van der Waals surface area contributed by atoms with E-state index < -0.39 is 43.0 Å². The molecule has 1 aromatic carbocycles. The fourth-order valence-electron chi connectivity index (χ4n) is 1.83. The van der Waals surface area contributed by atoms with Crippen LogP contribution < -0.4 is 0 Å². The van der Waals surface area contributed by atoms with Crippen molar-refractivity contribution in [3.63, 3.8) is 0 Å². The number of aliphatic hydroxyl groups excluding tert-OH is 5. The Hall–Kier alpha value is -1.62. The number of aryl methyl sites for hydroxylation is 1. The van der Waals surface area contributed by atoms with Crippen LogP contribution in [0.3, 0.4) is 0 Å². The summed E-state index contributed by atoms with van der Waals surface area (Å²) < 4.78 is 17.3. The molecule has 130 valence electrons. The summed E-state index contributed by atoms with van der Waals surface area (Å²) in [5, 5.41) is 56.2. The van der Waals surface area contributed by atoms with E-state index in [0.29, 0.717) is 5.56 Å². The van der Waals surface area contributed by atoms with E-state index in [2.05, 4.69) is 4.74 Å². The molecule has 0 aliphatic rings. The largest absolute Gasteiger partial charge is 0.424 e. The molecule has 0 aliphatic heterocycles. The Morgan fingerprint density at radius 1 is 1.30 bits per heavy atom. The number of hydrogen-bond donors (Lipinski definition) is 6. The first-order chi connectivity index (χ1) is 10.6. The monoisotopic (exact) mass is 334 g/mol. The zero-order valence-electron chi connectivity index (χ0n) is 12.2. The van der Waals surface area contributed by atoms with Gasteiger partial charge in [-0.3, -0.25) is 0 Å². The summed E-state index contributed by atoms with van der Waals surface area (Å²) in [4.78, 5) is 12.0. The van der Waals surface area contributed by atoms with Crippen LogP contribution in [0.1, 0.15) is 15.9 Å². The predicted molar refractivity (Wildman–Crippen MR) is 73.8 cm³/mol. The van der Waals surface area contributed by atoms with Crippen molar-refractivity contribution in [2.75, 3.05) is 6.61 Å². The van der Waals surface area contributed by atoms with Crippen molar-refractivity contribution < 1.29 is 44.6 Å². The highest BCUT2D eigenvalue weighted by Gasteiger charge is 2.51. The number of carbonyl (C=O) groups excluding carboxylic acids is 1. The van der Waals surface area contributed by atoms with E-state index in [9.17, 15) is 29.6 Å². The Morgan fingerprint density at radius 3 is 2.39 bits per heavy atom. The normalized spacial score (nSPS) is 19.3. The minimum Gasteiger partial charge on any atom is -0.424 e. The molecule has 9 heteroatoms. The zero-order valence-corrected chi connectivity index (χ0v) is 12.2. The van der Waals surface area contributed by atoms with Crippen molar-refractivity contribution >= 4 is 5.97 Å². The summed E-state index contributed by atoms with van der Waals surface area (Å²) in [5.74, 6) is -4.45. The minimum atomic E-state index is -3.25. The molecule has 0 aliphatic carbocycles. The van der Waals surface area contributed by atoms with Crippen LogP contribution in [0.25, 0.3) is 0 Å². The van der Waals surface area contributed by atoms with Crippen LogP contribution in [0.15, 0.2) is 24.3 Å². The lowest BCUT2D eigenvalue weighted by Crippen LogP contribution is -2.62. The van der Waals surface area contributed by atoms with E-state index in [4.69, 9.17) is 10.2 Å². The van der Waals surface area contributed by atoms with Gasteiger partial charge in [-0.25, -0.2) is 9.18 Å². The SMILES string of the molecule is Cc1cccc(C(=O)O[C@@](O)([C@H](O)CO)[C@H](O)[C@H](O)C(O)F)c1.